The van der Waals surface area contributed by atoms with Crippen LogP contribution >= 0.6 is 0 Å². The van der Waals surface area contributed by atoms with Gasteiger partial charge in [0.05, 0.1) is 0 Å². The molecule has 0 amide bonds. The first-order valence-electron chi connectivity index (χ1n) is 10.2. The molecule has 1 atom stereocenters. The van der Waals surface area contributed by atoms with E-state index in [2.05, 4.69) is 69.9 Å². The van der Waals surface area contributed by atoms with Crippen molar-refractivity contribution in [2.75, 3.05) is 6.54 Å². The first kappa shape index (κ1) is 17.2. The third-order valence-corrected chi connectivity index (χ3v) is 5.85. The van der Waals surface area contributed by atoms with Gasteiger partial charge in [-0.1, -0.05) is 42.5 Å². The van der Waals surface area contributed by atoms with Gasteiger partial charge in [0.1, 0.15) is 0 Å². The van der Waals surface area contributed by atoms with Gasteiger partial charge in [-0.2, -0.15) is 0 Å². The number of H-pyrrole nitrogens is 1. The molecule has 1 aliphatic carbocycles. The molecule has 3 nitrogen and oxygen atoms in total. The predicted octanol–water partition coefficient (Wildman–Crippen LogP) is 5.44. The van der Waals surface area contributed by atoms with E-state index in [1.165, 1.54) is 51.7 Å². The maximum atomic E-state index is 4.27. The number of benzene rings is 2. The van der Waals surface area contributed by atoms with E-state index < -0.39 is 0 Å². The van der Waals surface area contributed by atoms with E-state index >= 15 is 0 Å². The molecule has 0 radical (unpaired) electrons. The third-order valence-electron chi connectivity index (χ3n) is 5.85. The first-order valence-corrected chi connectivity index (χ1v) is 10.2. The van der Waals surface area contributed by atoms with Crippen molar-refractivity contribution in [2.45, 2.75) is 31.7 Å². The van der Waals surface area contributed by atoms with Crippen molar-refractivity contribution in [1.82, 2.24) is 15.3 Å². The molecule has 2 N–H and O–H groups in total. The molecule has 140 valence electrons. The van der Waals surface area contributed by atoms with Crippen molar-refractivity contribution in [3.8, 4) is 11.1 Å². The first-order chi connectivity index (χ1) is 13.9. The molecular weight excluding hydrogens is 342 g/mol. The SMILES string of the molecule is c1ccc(CCNC2CCCc3c2[nH]c2ccc(-c4cccnc4)cc32)cc1. The smallest absolute Gasteiger partial charge is 0.0476 e. The lowest BCUT2D eigenvalue weighted by molar-refractivity contribution is 0.456. The van der Waals surface area contributed by atoms with Gasteiger partial charge < -0.3 is 10.3 Å². The summed E-state index contributed by atoms with van der Waals surface area (Å²) in [6.07, 6.45) is 8.42. The van der Waals surface area contributed by atoms with Gasteiger partial charge in [-0.25, -0.2) is 0 Å². The summed E-state index contributed by atoms with van der Waals surface area (Å²) in [5, 5.41) is 5.16. The van der Waals surface area contributed by atoms with Gasteiger partial charge in [-0.15, -0.1) is 0 Å². The molecule has 4 aromatic rings. The summed E-state index contributed by atoms with van der Waals surface area (Å²) in [4.78, 5) is 7.98. The zero-order chi connectivity index (χ0) is 18.8. The number of hydrogen-bond donors (Lipinski definition) is 2. The summed E-state index contributed by atoms with van der Waals surface area (Å²) >= 11 is 0. The molecule has 0 bridgehead atoms. The van der Waals surface area contributed by atoms with Gasteiger partial charge in [0.25, 0.3) is 0 Å². The van der Waals surface area contributed by atoms with E-state index in [4.69, 9.17) is 0 Å². The molecular formula is C25H25N3. The number of rotatable bonds is 5. The van der Waals surface area contributed by atoms with E-state index in [9.17, 15) is 0 Å². The van der Waals surface area contributed by atoms with Crippen LogP contribution in [0.5, 0.6) is 0 Å². The van der Waals surface area contributed by atoms with Crippen molar-refractivity contribution in [1.29, 1.82) is 0 Å². The summed E-state index contributed by atoms with van der Waals surface area (Å²) < 4.78 is 0. The highest BCUT2D eigenvalue weighted by Gasteiger charge is 2.24. The number of hydrogen-bond acceptors (Lipinski definition) is 2. The van der Waals surface area contributed by atoms with Gasteiger partial charge in [0, 0.05) is 40.6 Å². The molecule has 0 fully saturated rings. The minimum Gasteiger partial charge on any atom is -0.357 e. The lowest BCUT2D eigenvalue weighted by Crippen LogP contribution is -2.27. The maximum Gasteiger partial charge on any atom is 0.0476 e. The molecule has 2 aromatic carbocycles. The number of nitrogens with one attached hydrogen (secondary N) is 2. The number of fused-ring (bicyclic) bond motifs is 3. The highest BCUT2D eigenvalue weighted by Crippen LogP contribution is 2.36. The molecule has 3 heteroatoms. The Bertz CT molecular complexity index is 1070. The van der Waals surface area contributed by atoms with Crippen LogP contribution < -0.4 is 5.32 Å². The van der Waals surface area contributed by atoms with Gasteiger partial charge in [-0.3, -0.25) is 4.98 Å². The van der Waals surface area contributed by atoms with Crippen LogP contribution in [0, 0.1) is 0 Å². The van der Waals surface area contributed by atoms with Crippen molar-refractivity contribution < 1.29 is 0 Å². The zero-order valence-electron chi connectivity index (χ0n) is 16.0. The van der Waals surface area contributed by atoms with Crippen LogP contribution in [0.3, 0.4) is 0 Å². The fourth-order valence-corrected chi connectivity index (χ4v) is 4.42. The fourth-order valence-electron chi connectivity index (χ4n) is 4.42. The Morgan fingerprint density at radius 1 is 1.00 bits per heavy atom. The molecule has 1 unspecified atom stereocenters. The average molecular weight is 367 g/mol. The van der Waals surface area contributed by atoms with Crippen LogP contribution in [0.4, 0.5) is 0 Å². The van der Waals surface area contributed by atoms with Crippen LogP contribution in [-0.4, -0.2) is 16.5 Å². The number of aromatic amines is 1. The Hall–Kier alpha value is -2.91. The summed E-state index contributed by atoms with van der Waals surface area (Å²) in [6, 6.07) is 22.0. The van der Waals surface area contributed by atoms with Crippen LogP contribution in [0.1, 0.15) is 35.7 Å². The maximum absolute atomic E-state index is 4.27. The highest BCUT2D eigenvalue weighted by molar-refractivity contribution is 5.89. The Morgan fingerprint density at radius 2 is 1.93 bits per heavy atom. The Kier molecular flexibility index (Phi) is 4.67. The molecule has 0 spiro atoms. The van der Waals surface area contributed by atoms with Crippen molar-refractivity contribution in [3.05, 3.63) is 89.9 Å². The van der Waals surface area contributed by atoms with Crippen molar-refractivity contribution in [3.63, 3.8) is 0 Å². The minimum absolute atomic E-state index is 0.418. The van der Waals surface area contributed by atoms with Gasteiger partial charge >= 0.3 is 0 Å². The monoisotopic (exact) mass is 367 g/mol. The van der Waals surface area contributed by atoms with Crippen molar-refractivity contribution in [2.24, 2.45) is 0 Å². The number of aromatic nitrogens is 2. The quantitative estimate of drug-likeness (QED) is 0.493. The second kappa shape index (κ2) is 7.61. The molecule has 28 heavy (non-hydrogen) atoms. The second-order valence-electron chi connectivity index (χ2n) is 7.65. The largest absolute Gasteiger partial charge is 0.357 e. The van der Waals surface area contributed by atoms with Crippen LogP contribution in [-0.2, 0) is 12.8 Å². The Labute approximate surface area is 165 Å². The second-order valence-corrected chi connectivity index (χ2v) is 7.65. The van der Waals surface area contributed by atoms with E-state index in [1.54, 1.807) is 0 Å². The van der Waals surface area contributed by atoms with E-state index in [1.807, 2.05) is 18.5 Å². The number of pyridine rings is 1. The molecule has 2 heterocycles. The number of nitrogens with zero attached hydrogens (tertiary/aromatic N) is 1. The van der Waals surface area contributed by atoms with E-state index in [0.717, 1.165) is 19.4 Å². The summed E-state index contributed by atoms with van der Waals surface area (Å²) in [6.45, 7) is 1.00. The van der Waals surface area contributed by atoms with Crippen molar-refractivity contribution >= 4 is 10.9 Å². The van der Waals surface area contributed by atoms with E-state index in [-0.39, 0.29) is 0 Å². The Balaban J connectivity index is 1.40. The molecule has 0 aliphatic heterocycles. The fraction of sp³-hybridized carbons (Fsp3) is 0.240. The Morgan fingerprint density at radius 3 is 2.79 bits per heavy atom. The molecule has 2 aromatic heterocycles. The standard InChI is InChI=1S/C25H25N3/c1-2-6-18(7-3-1)13-15-27-24-10-4-9-21-22-16-19(20-8-5-14-26-17-20)11-12-23(22)28-25(21)24/h1-3,5-8,11-12,14,16-17,24,27-28H,4,9-10,13,15H2. The van der Waals surface area contributed by atoms with Crippen LogP contribution in [0.2, 0.25) is 0 Å². The summed E-state index contributed by atoms with van der Waals surface area (Å²) in [7, 11) is 0. The topological polar surface area (TPSA) is 40.7 Å². The van der Waals surface area contributed by atoms with E-state index in [0.29, 0.717) is 6.04 Å². The van der Waals surface area contributed by atoms with Gasteiger partial charge in [0.15, 0.2) is 0 Å². The molecule has 1 aliphatic rings. The summed E-state index contributed by atoms with van der Waals surface area (Å²) in [5.41, 5.74) is 7.93. The lowest BCUT2D eigenvalue weighted by Gasteiger charge is -2.24. The van der Waals surface area contributed by atoms with Gasteiger partial charge in [0.2, 0.25) is 0 Å². The number of aryl methyl sites for hydroxylation is 1. The zero-order valence-corrected chi connectivity index (χ0v) is 16.0. The molecule has 0 saturated carbocycles. The minimum atomic E-state index is 0.418. The van der Waals surface area contributed by atoms with Crippen LogP contribution in [0.25, 0.3) is 22.0 Å². The third kappa shape index (κ3) is 3.34. The predicted molar refractivity (Wildman–Crippen MR) is 115 cm³/mol. The summed E-state index contributed by atoms with van der Waals surface area (Å²) in [5.74, 6) is 0. The molecule has 0 saturated heterocycles. The normalized spacial score (nSPS) is 16.2. The molecule has 5 rings (SSSR count). The van der Waals surface area contributed by atoms with Gasteiger partial charge in [-0.05, 0) is 67.1 Å². The van der Waals surface area contributed by atoms with Crippen LogP contribution in [0.15, 0.2) is 73.1 Å². The lowest BCUT2D eigenvalue weighted by atomic mass is 9.91. The highest BCUT2D eigenvalue weighted by atomic mass is 14.9. The average Bonchev–Trinajstić information content (AvgIpc) is 3.14.